The molecule has 0 radical (unpaired) electrons. The highest BCUT2D eigenvalue weighted by atomic mass is 35.5. The van der Waals surface area contributed by atoms with Gasteiger partial charge in [-0.25, -0.2) is 9.97 Å². The van der Waals surface area contributed by atoms with Crippen LogP contribution in [0, 0.1) is 0 Å². The SMILES string of the molecule is CN(Cc1ccc(Cl)c(Cl)c1)c1ncc2c(n1)c(C1CCCC1)nn2C. The van der Waals surface area contributed by atoms with Gasteiger partial charge in [0, 0.05) is 26.6 Å². The van der Waals surface area contributed by atoms with E-state index in [0.29, 0.717) is 28.5 Å². The van der Waals surface area contributed by atoms with Gasteiger partial charge in [-0.05, 0) is 30.5 Å². The molecular weight excluding hydrogens is 369 g/mol. The maximum atomic E-state index is 6.12. The minimum absolute atomic E-state index is 0.516. The minimum Gasteiger partial charge on any atom is -0.340 e. The van der Waals surface area contributed by atoms with Crippen molar-refractivity contribution in [2.75, 3.05) is 11.9 Å². The summed E-state index contributed by atoms with van der Waals surface area (Å²) >= 11 is 12.1. The normalized spacial score (nSPS) is 15.1. The molecule has 3 aromatic rings. The Morgan fingerprint density at radius 3 is 2.69 bits per heavy atom. The van der Waals surface area contributed by atoms with Gasteiger partial charge in [0.15, 0.2) is 0 Å². The first-order chi connectivity index (χ1) is 12.5. The fraction of sp³-hybridized carbons (Fsp3) is 0.421. The van der Waals surface area contributed by atoms with Crippen molar-refractivity contribution in [3.63, 3.8) is 0 Å². The lowest BCUT2D eigenvalue weighted by molar-refractivity contribution is 0.665. The molecule has 0 bridgehead atoms. The number of hydrogen-bond acceptors (Lipinski definition) is 4. The Labute approximate surface area is 162 Å². The summed E-state index contributed by atoms with van der Waals surface area (Å²) in [7, 11) is 3.94. The van der Waals surface area contributed by atoms with Gasteiger partial charge in [-0.3, -0.25) is 4.68 Å². The van der Waals surface area contributed by atoms with Crippen LogP contribution in [0.5, 0.6) is 0 Å². The van der Waals surface area contributed by atoms with E-state index < -0.39 is 0 Å². The molecule has 7 heteroatoms. The molecule has 1 aliphatic rings. The van der Waals surface area contributed by atoms with E-state index in [1.165, 1.54) is 25.7 Å². The van der Waals surface area contributed by atoms with E-state index in [2.05, 4.69) is 4.98 Å². The summed E-state index contributed by atoms with van der Waals surface area (Å²) in [5.41, 5.74) is 4.14. The number of halogens is 2. The third-order valence-corrected chi connectivity index (χ3v) is 5.83. The Morgan fingerprint density at radius 2 is 1.96 bits per heavy atom. The Hall–Kier alpha value is -1.85. The average Bonchev–Trinajstić information content (AvgIpc) is 3.26. The molecule has 1 fully saturated rings. The lowest BCUT2D eigenvalue weighted by atomic mass is 10.0. The van der Waals surface area contributed by atoms with E-state index in [4.69, 9.17) is 33.3 Å². The molecule has 136 valence electrons. The molecular formula is C19H21Cl2N5. The molecule has 1 saturated carbocycles. The number of aryl methyl sites for hydroxylation is 1. The highest BCUT2D eigenvalue weighted by Crippen LogP contribution is 2.36. The van der Waals surface area contributed by atoms with Gasteiger partial charge in [0.1, 0.15) is 11.0 Å². The zero-order valence-electron chi connectivity index (χ0n) is 14.9. The molecule has 0 spiro atoms. The van der Waals surface area contributed by atoms with E-state index >= 15 is 0 Å². The molecule has 2 aromatic heterocycles. The lowest BCUT2D eigenvalue weighted by Crippen LogP contribution is -2.19. The van der Waals surface area contributed by atoms with Crippen molar-refractivity contribution < 1.29 is 0 Å². The zero-order chi connectivity index (χ0) is 18.3. The maximum Gasteiger partial charge on any atom is 0.226 e. The summed E-state index contributed by atoms with van der Waals surface area (Å²) in [6.07, 6.45) is 6.82. The van der Waals surface area contributed by atoms with Gasteiger partial charge in [0.2, 0.25) is 5.95 Å². The van der Waals surface area contributed by atoms with Gasteiger partial charge in [-0.1, -0.05) is 42.1 Å². The van der Waals surface area contributed by atoms with Crippen LogP contribution < -0.4 is 4.90 Å². The number of nitrogens with zero attached hydrogens (tertiary/aromatic N) is 5. The third kappa shape index (κ3) is 3.26. The summed E-state index contributed by atoms with van der Waals surface area (Å²) < 4.78 is 1.89. The molecule has 0 unspecified atom stereocenters. The summed E-state index contributed by atoms with van der Waals surface area (Å²) in [6, 6.07) is 5.67. The predicted molar refractivity (Wildman–Crippen MR) is 106 cm³/mol. The largest absolute Gasteiger partial charge is 0.340 e. The first-order valence-corrected chi connectivity index (χ1v) is 9.63. The minimum atomic E-state index is 0.516. The fourth-order valence-corrected chi connectivity index (χ4v) is 4.02. The van der Waals surface area contributed by atoms with E-state index in [-0.39, 0.29) is 0 Å². The number of aromatic nitrogens is 4. The first kappa shape index (κ1) is 17.6. The second kappa shape index (κ2) is 7.05. The van der Waals surface area contributed by atoms with Crippen molar-refractivity contribution >= 4 is 40.2 Å². The van der Waals surface area contributed by atoms with Gasteiger partial charge in [-0.15, -0.1) is 0 Å². The van der Waals surface area contributed by atoms with Crippen molar-refractivity contribution in [3.8, 4) is 0 Å². The van der Waals surface area contributed by atoms with Gasteiger partial charge < -0.3 is 4.90 Å². The first-order valence-electron chi connectivity index (χ1n) is 8.87. The Kier molecular flexibility index (Phi) is 4.76. The van der Waals surface area contributed by atoms with Gasteiger partial charge in [-0.2, -0.15) is 5.10 Å². The van der Waals surface area contributed by atoms with Crippen LogP contribution in [0.15, 0.2) is 24.4 Å². The molecule has 0 N–H and O–H groups in total. The average molecular weight is 390 g/mol. The summed E-state index contributed by atoms with van der Waals surface area (Å²) in [6.45, 7) is 0.654. The van der Waals surface area contributed by atoms with Crippen molar-refractivity contribution in [3.05, 3.63) is 45.7 Å². The Bertz CT molecular complexity index is 946. The molecule has 0 atom stereocenters. The molecule has 0 aliphatic heterocycles. The van der Waals surface area contributed by atoms with E-state index in [1.54, 1.807) is 0 Å². The van der Waals surface area contributed by atoms with Crippen molar-refractivity contribution in [1.29, 1.82) is 0 Å². The topological polar surface area (TPSA) is 46.8 Å². The van der Waals surface area contributed by atoms with Crippen LogP contribution in [0.4, 0.5) is 5.95 Å². The van der Waals surface area contributed by atoms with Crippen molar-refractivity contribution in [2.24, 2.45) is 7.05 Å². The van der Waals surface area contributed by atoms with E-state index in [0.717, 1.165) is 22.3 Å². The van der Waals surface area contributed by atoms with Crippen molar-refractivity contribution in [1.82, 2.24) is 19.7 Å². The molecule has 5 nitrogen and oxygen atoms in total. The summed E-state index contributed by atoms with van der Waals surface area (Å²) in [5.74, 6) is 1.21. The fourth-order valence-electron chi connectivity index (χ4n) is 3.70. The molecule has 4 rings (SSSR count). The number of fused-ring (bicyclic) bond motifs is 1. The highest BCUT2D eigenvalue weighted by molar-refractivity contribution is 6.42. The Morgan fingerprint density at radius 1 is 1.19 bits per heavy atom. The third-order valence-electron chi connectivity index (χ3n) is 5.09. The molecule has 26 heavy (non-hydrogen) atoms. The van der Waals surface area contributed by atoms with Crippen LogP contribution >= 0.6 is 23.2 Å². The lowest BCUT2D eigenvalue weighted by Gasteiger charge is -2.17. The standard InChI is InChI=1S/C19H21Cl2N5/c1-25(11-12-7-8-14(20)15(21)9-12)19-22-10-16-18(23-19)17(24-26(16)2)13-5-3-4-6-13/h7-10,13H,3-6,11H2,1-2H3. The van der Waals surface area contributed by atoms with Crippen LogP contribution in [-0.4, -0.2) is 26.8 Å². The summed E-state index contributed by atoms with van der Waals surface area (Å²) in [4.78, 5) is 11.4. The maximum absolute atomic E-state index is 6.12. The van der Waals surface area contributed by atoms with E-state index in [9.17, 15) is 0 Å². The van der Waals surface area contributed by atoms with Crippen LogP contribution in [0.2, 0.25) is 10.0 Å². The predicted octanol–water partition coefficient (Wildman–Crippen LogP) is 4.96. The van der Waals surface area contributed by atoms with Gasteiger partial charge in [0.25, 0.3) is 0 Å². The summed E-state index contributed by atoms with van der Waals surface area (Å²) in [5, 5.41) is 5.86. The molecule has 1 aromatic carbocycles. The molecule has 2 heterocycles. The van der Waals surface area contributed by atoms with Crippen LogP contribution in [-0.2, 0) is 13.6 Å². The zero-order valence-corrected chi connectivity index (χ0v) is 16.4. The van der Waals surface area contributed by atoms with Crippen LogP contribution in [0.1, 0.15) is 42.9 Å². The highest BCUT2D eigenvalue weighted by Gasteiger charge is 2.24. The van der Waals surface area contributed by atoms with Gasteiger partial charge in [0.05, 0.1) is 21.9 Å². The number of anilines is 1. The number of benzene rings is 1. The monoisotopic (exact) mass is 389 g/mol. The smallest absolute Gasteiger partial charge is 0.226 e. The molecule has 1 aliphatic carbocycles. The molecule has 0 saturated heterocycles. The van der Waals surface area contributed by atoms with E-state index in [1.807, 2.05) is 48.1 Å². The Balaban J connectivity index is 1.65. The number of rotatable bonds is 4. The van der Waals surface area contributed by atoms with Gasteiger partial charge >= 0.3 is 0 Å². The second-order valence-corrected chi connectivity index (χ2v) is 7.81. The van der Waals surface area contributed by atoms with Crippen molar-refractivity contribution in [2.45, 2.75) is 38.1 Å². The van der Waals surface area contributed by atoms with Crippen LogP contribution in [0.25, 0.3) is 11.0 Å². The second-order valence-electron chi connectivity index (χ2n) is 7.00. The molecule has 0 amide bonds. The quantitative estimate of drug-likeness (QED) is 0.632. The number of hydrogen-bond donors (Lipinski definition) is 0. The van der Waals surface area contributed by atoms with Crippen LogP contribution in [0.3, 0.4) is 0 Å².